The molecule has 1 atom stereocenters. The molecule has 0 bridgehead atoms. The van der Waals surface area contributed by atoms with Crippen LogP contribution in [0.1, 0.15) is 24.7 Å². The Balaban J connectivity index is 2.01. The summed E-state index contributed by atoms with van der Waals surface area (Å²) in [6.07, 6.45) is 1.98. The molecule has 0 spiro atoms. The van der Waals surface area contributed by atoms with Crippen molar-refractivity contribution in [1.82, 2.24) is 14.8 Å². The Morgan fingerprint density at radius 3 is 2.80 bits per heavy atom. The first kappa shape index (κ1) is 14.6. The maximum Gasteiger partial charge on any atom is 0.138 e. The van der Waals surface area contributed by atoms with Gasteiger partial charge in [0.25, 0.3) is 0 Å². The normalized spacial score (nSPS) is 12.6. The van der Waals surface area contributed by atoms with Gasteiger partial charge in [0.05, 0.1) is 6.10 Å². The minimum Gasteiger partial charge on any atom is -0.392 e. The van der Waals surface area contributed by atoms with Crippen molar-refractivity contribution in [3.8, 4) is 0 Å². The highest BCUT2D eigenvalue weighted by Gasteiger charge is 2.14. The third-order valence-corrected chi connectivity index (χ3v) is 3.02. The third-order valence-electron chi connectivity index (χ3n) is 3.02. The first-order valence-electron chi connectivity index (χ1n) is 6.58. The molecule has 1 N–H and O–H groups in total. The van der Waals surface area contributed by atoms with Crippen molar-refractivity contribution in [3.63, 3.8) is 0 Å². The lowest BCUT2D eigenvalue weighted by atomic mass is 10.0. The van der Waals surface area contributed by atoms with Gasteiger partial charge in [0.1, 0.15) is 23.8 Å². The summed E-state index contributed by atoms with van der Waals surface area (Å²) in [4.78, 5) is 4.09. The monoisotopic (exact) mass is 281 g/mol. The third kappa shape index (κ3) is 3.60. The average molecular weight is 281 g/mol. The smallest absolute Gasteiger partial charge is 0.138 e. The molecule has 0 aliphatic rings. The summed E-state index contributed by atoms with van der Waals surface area (Å²) < 4.78 is 28.0. The van der Waals surface area contributed by atoms with Gasteiger partial charge in [0.2, 0.25) is 0 Å². The van der Waals surface area contributed by atoms with Gasteiger partial charge in [-0.3, -0.25) is 4.68 Å². The number of aromatic nitrogens is 3. The molecule has 0 saturated carbocycles. The van der Waals surface area contributed by atoms with Crippen LogP contribution in [0.3, 0.4) is 0 Å². The molecule has 20 heavy (non-hydrogen) atoms. The highest BCUT2D eigenvalue weighted by atomic mass is 19.1. The Bertz CT molecular complexity index is 571. The van der Waals surface area contributed by atoms with Gasteiger partial charge in [-0.1, -0.05) is 13.0 Å². The lowest BCUT2D eigenvalue weighted by Gasteiger charge is -2.11. The predicted octanol–water partition coefficient (Wildman–Crippen LogP) is 2.11. The molecule has 0 radical (unpaired) electrons. The van der Waals surface area contributed by atoms with E-state index in [1.54, 1.807) is 4.68 Å². The van der Waals surface area contributed by atoms with Gasteiger partial charge in [-0.25, -0.2) is 13.8 Å². The van der Waals surface area contributed by atoms with Crippen LogP contribution >= 0.6 is 0 Å². The summed E-state index contributed by atoms with van der Waals surface area (Å²) in [5.41, 5.74) is 0.292. The molecule has 6 heteroatoms. The molecule has 1 aromatic carbocycles. The van der Waals surface area contributed by atoms with E-state index in [2.05, 4.69) is 10.1 Å². The first-order chi connectivity index (χ1) is 9.60. The summed E-state index contributed by atoms with van der Waals surface area (Å²) in [5.74, 6) is -0.593. The van der Waals surface area contributed by atoms with E-state index in [0.29, 0.717) is 11.4 Å². The second kappa shape index (κ2) is 6.56. The number of halogens is 2. The van der Waals surface area contributed by atoms with Crippen molar-refractivity contribution in [2.45, 2.75) is 38.8 Å². The van der Waals surface area contributed by atoms with Crippen LogP contribution in [0, 0.1) is 11.6 Å². The van der Waals surface area contributed by atoms with Gasteiger partial charge in [0.15, 0.2) is 0 Å². The van der Waals surface area contributed by atoms with Crippen LogP contribution in [0.25, 0.3) is 0 Å². The fourth-order valence-electron chi connectivity index (χ4n) is 2.07. The molecule has 1 aromatic heterocycles. The minimum absolute atomic E-state index is 0.116. The number of aliphatic hydroxyl groups is 1. The largest absolute Gasteiger partial charge is 0.392 e. The molecule has 0 fully saturated rings. The van der Waals surface area contributed by atoms with Crippen molar-refractivity contribution >= 4 is 0 Å². The molecular weight excluding hydrogens is 264 g/mol. The molecule has 0 saturated heterocycles. The van der Waals surface area contributed by atoms with Crippen LogP contribution in [0.2, 0.25) is 0 Å². The van der Waals surface area contributed by atoms with Crippen LogP contribution in [-0.4, -0.2) is 26.0 Å². The van der Waals surface area contributed by atoms with Gasteiger partial charge in [-0.15, -0.1) is 0 Å². The first-order valence-corrected chi connectivity index (χ1v) is 6.58. The quantitative estimate of drug-likeness (QED) is 0.882. The Kier molecular flexibility index (Phi) is 4.79. The molecule has 0 aliphatic carbocycles. The zero-order chi connectivity index (χ0) is 14.5. The molecule has 0 amide bonds. The van der Waals surface area contributed by atoms with Crippen molar-refractivity contribution in [3.05, 3.63) is 47.5 Å². The fourth-order valence-corrected chi connectivity index (χ4v) is 2.07. The summed E-state index contributed by atoms with van der Waals surface area (Å²) >= 11 is 0. The summed E-state index contributed by atoms with van der Waals surface area (Å²) in [7, 11) is 0. The van der Waals surface area contributed by atoms with Crippen LogP contribution in [-0.2, 0) is 19.4 Å². The van der Waals surface area contributed by atoms with Crippen LogP contribution in [0.4, 0.5) is 8.78 Å². The van der Waals surface area contributed by atoms with Crippen molar-refractivity contribution in [2.24, 2.45) is 0 Å². The number of hydrogen-bond acceptors (Lipinski definition) is 3. The fraction of sp³-hybridized carbons (Fsp3) is 0.429. The Morgan fingerprint density at radius 2 is 2.10 bits per heavy atom. The van der Waals surface area contributed by atoms with E-state index in [-0.39, 0.29) is 12.8 Å². The molecule has 0 aliphatic heterocycles. The van der Waals surface area contributed by atoms with E-state index in [1.165, 1.54) is 18.5 Å². The average Bonchev–Trinajstić information content (AvgIpc) is 2.81. The van der Waals surface area contributed by atoms with Gasteiger partial charge in [-0.2, -0.15) is 5.10 Å². The number of benzene rings is 1. The molecule has 1 heterocycles. The van der Waals surface area contributed by atoms with Gasteiger partial charge >= 0.3 is 0 Å². The van der Waals surface area contributed by atoms with E-state index in [9.17, 15) is 13.9 Å². The lowest BCUT2D eigenvalue weighted by Crippen LogP contribution is -2.18. The van der Waals surface area contributed by atoms with E-state index in [0.717, 1.165) is 19.0 Å². The second-order valence-electron chi connectivity index (χ2n) is 4.70. The molecule has 2 aromatic rings. The maximum absolute atomic E-state index is 13.5. The Morgan fingerprint density at radius 1 is 1.30 bits per heavy atom. The van der Waals surface area contributed by atoms with E-state index >= 15 is 0 Å². The minimum atomic E-state index is -0.783. The summed E-state index contributed by atoms with van der Waals surface area (Å²) in [5, 5.41) is 14.1. The van der Waals surface area contributed by atoms with Crippen LogP contribution < -0.4 is 0 Å². The predicted molar refractivity (Wildman–Crippen MR) is 70.1 cm³/mol. The van der Waals surface area contributed by atoms with E-state index < -0.39 is 17.7 Å². The molecular formula is C14H17F2N3O. The Hall–Kier alpha value is -1.82. The van der Waals surface area contributed by atoms with Gasteiger partial charge in [0, 0.05) is 25.5 Å². The van der Waals surface area contributed by atoms with Gasteiger partial charge in [-0.05, 0) is 18.1 Å². The lowest BCUT2D eigenvalue weighted by molar-refractivity contribution is 0.169. The molecule has 1 unspecified atom stereocenters. The SMILES string of the molecule is CCCn1ncnc1CC(O)Cc1ccc(F)cc1F. The van der Waals surface area contributed by atoms with Crippen LogP contribution in [0.5, 0.6) is 0 Å². The van der Waals surface area contributed by atoms with Crippen molar-refractivity contribution in [2.75, 3.05) is 0 Å². The number of aryl methyl sites for hydroxylation is 1. The van der Waals surface area contributed by atoms with Gasteiger partial charge < -0.3 is 5.11 Å². The summed E-state index contributed by atoms with van der Waals surface area (Å²) in [6, 6.07) is 3.36. The highest BCUT2D eigenvalue weighted by Crippen LogP contribution is 2.13. The topological polar surface area (TPSA) is 50.9 Å². The highest BCUT2D eigenvalue weighted by molar-refractivity contribution is 5.19. The number of hydrogen-bond donors (Lipinski definition) is 1. The zero-order valence-electron chi connectivity index (χ0n) is 11.3. The molecule has 4 nitrogen and oxygen atoms in total. The molecule has 108 valence electrons. The van der Waals surface area contributed by atoms with Crippen LogP contribution in [0.15, 0.2) is 24.5 Å². The van der Waals surface area contributed by atoms with Crippen molar-refractivity contribution < 1.29 is 13.9 Å². The Labute approximate surface area is 116 Å². The standard InChI is InChI=1S/C14H17F2N3O/c1-2-5-19-14(17-9-18-19)8-12(20)6-10-3-4-11(15)7-13(10)16/h3-4,7,9,12,20H,2,5-6,8H2,1H3. The maximum atomic E-state index is 13.5. The molecule has 2 rings (SSSR count). The second-order valence-corrected chi connectivity index (χ2v) is 4.70. The zero-order valence-corrected chi connectivity index (χ0v) is 11.3. The van der Waals surface area contributed by atoms with E-state index in [1.807, 2.05) is 6.92 Å². The van der Waals surface area contributed by atoms with E-state index in [4.69, 9.17) is 0 Å². The number of nitrogens with zero attached hydrogens (tertiary/aromatic N) is 3. The summed E-state index contributed by atoms with van der Waals surface area (Å²) in [6.45, 7) is 2.75. The number of rotatable bonds is 6. The van der Waals surface area contributed by atoms with Crippen molar-refractivity contribution in [1.29, 1.82) is 0 Å². The number of aliphatic hydroxyl groups excluding tert-OH is 1.